The van der Waals surface area contributed by atoms with Gasteiger partial charge in [-0.25, -0.2) is 0 Å². The van der Waals surface area contributed by atoms with Crippen molar-refractivity contribution in [1.82, 2.24) is 0 Å². The van der Waals surface area contributed by atoms with Crippen molar-refractivity contribution in [3.05, 3.63) is 72.9 Å². The molecule has 0 aliphatic heterocycles. The molecule has 0 fully saturated rings. The third-order valence-electron chi connectivity index (χ3n) is 13.5. The molecule has 1 unspecified atom stereocenters. The lowest BCUT2D eigenvalue weighted by molar-refractivity contribution is -0.167. The third kappa shape index (κ3) is 57.7. The van der Waals surface area contributed by atoms with Crippen LogP contribution >= 0.6 is 0 Å². The number of unbranched alkanes of at least 4 members (excludes halogenated alkanes) is 33. The molecule has 0 aromatic carbocycles. The fourth-order valence-corrected chi connectivity index (χ4v) is 8.89. The van der Waals surface area contributed by atoms with Crippen LogP contribution in [0.4, 0.5) is 0 Å². The predicted molar refractivity (Wildman–Crippen MR) is 311 cm³/mol. The van der Waals surface area contributed by atoms with Gasteiger partial charge in [-0.1, -0.05) is 280 Å². The van der Waals surface area contributed by atoms with E-state index in [0.29, 0.717) is 12.8 Å². The van der Waals surface area contributed by atoms with Crippen molar-refractivity contribution in [3.63, 3.8) is 0 Å². The van der Waals surface area contributed by atoms with Crippen LogP contribution in [0.5, 0.6) is 0 Å². The Morgan fingerprint density at radius 1 is 0.292 bits per heavy atom. The summed E-state index contributed by atoms with van der Waals surface area (Å²) >= 11 is 0. The first kappa shape index (κ1) is 68.8. The zero-order valence-corrected chi connectivity index (χ0v) is 47.7. The van der Waals surface area contributed by atoms with Gasteiger partial charge >= 0.3 is 17.9 Å². The van der Waals surface area contributed by atoms with Gasteiger partial charge in [-0.3, -0.25) is 14.4 Å². The molecule has 0 saturated heterocycles. The lowest BCUT2D eigenvalue weighted by atomic mass is 10.0. The Morgan fingerprint density at radius 3 is 0.847 bits per heavy atom. The van der Waals surface area contributed by atoms with Crippen LogP contribution in [0.1, 0.15) is 310 Å². The summed E-state index contributed by atoms with van der Waals surface area (Å²) in [6.07, 6.45) is 78.0. The van der Waals surface area contributed by atoms with Crippen LogP contribution in [0.2, 0.25) is 0 Å². The Balaban J connectivity index is 4.18. The molecular formula is C66H116O6. The monoisotopic (exact) mass is 1000 g/mol. The van der Waals surface area contributed by atoms with E-state index >= 15 is 0 Å². The summed E-state index contributed by atoms with van der Waals surface area (Å²) in [5.74, 6) is -0.946. The van der Waals surface area contributed by atoms with Crippen molar-refractivity contribution in [2.75, 3.05) is 13.2 Å². The van der Waals surface area contributed by atoms with E-state index in [2.05, 4.69) is 93.7 Å². The molecule has 1 atom stereocenters. The molecule has 0 bridgehead atoms. The highest BCUT2D eigenvalue weighted by atomic mass is 16.6. The summed E-state index contributed by atoms with van der Waals surface area (Å²) in [6.45, 7) is 6.39. The van der Waals surface area contributed by atoms with E-state index in [0.717, 1.165) is 109 Å². The number of hydrogen-bond donors (Lipinski definition) is 0. The van der Waals surface area contributed by atoms with Crippen LogP contribution in [-0.2, 0) is 28.6 Å². The second-order valence-corrected chi connectivity index (χ2v) is 20.6. The van der Waals surface area contributed by atoms with Crippen molar-refractivity contribution >= 4 is 17.9 Å². The van der Waals surface area contributed by atoms with Crippen LogP contribution in [-0.4, -0.2) is 37.2 Å². The van der Waals surface area contributed by atoms with Gasteiger partial charge in [0.25, 0.3) is 0 Å². The third-order valence-corrected chi connectivity index (χ3v) is 13.5. The van der Waals surface area contributed by atoms with Gasteiger partial charge in [0.15, 0.2) is 6.10 Å². The summed E-state index contributed by atoms with van der Waals surface area (Å²) in [7, 11) is 0. The molecule has 0 radical (unpaired) electrons. The normalized spacial score (nSPS) is 12.5. The molecule has 0 heterocycles. The van der Waals surface area contributed by atoms with Crippen LogP contribution in [0.25, 0.3) is 0 Å². The standard InChI is InChI=1S/C66H116O6/c1-4-7-10-13-16-19-22-25-26-27-28-29-30-31-32-33-34-35-36-37-38-39-42-44-47-50-53-56-59-65(68)71-62-63(72-66(69)60-57-54-51-48-45-41-24-21-18-15-12-9-6-3)61-70-64(67)58-55-52-49-46-43-40-23-20-17-14-11-8-5-2/h8-9,11-12,17-18,20-21,40-41,43,45,63H,4-7,10,13-16,19,22-39,42,44,46-62H2,1-3H3/b11-8-,12-9-,20-17-,21-18-,43-40-,45-41-. The number of esters is 3. The molecule has 0 spiro atoms. The van der Waals surface area contributed by atoms with Gasteiger partial charge in [-0.2, -0.15) is 0 Å². The Labute approximate surface area is 446 Å². The number of allylic oxidation sites excluding steroid dienone is 12. The number of hydrogen-bond acceptors (Lipinski definition) is 6. The van der Waals surface area contributed by atoms with Crippen molar-refractivity contribution in [3.8, 4) is 0 Å². The zero-order valence-electron chi connectivity index (χ0n) is 47.7. The molecule has 0 N–H and O–H groups in total. The fourth-order valence-electron chi connectivity index (χ4n) is 8.89. The molecule has 0 saturated carbocycles. The van der Waals surface area contributed by atoms with Crippen LogP contribution in [0.3, 0.4) is 0 Å². The molecule has 0 aliphatic carbocycles. The Bertz CT molecular complexity index is 1340. The molecule has 6 nitrogen and oxygen atoms in total. The second kappa shape index (κ2) is 60.4. The lowest BCUT2D eigenvalue weighted by Crippen LogP contribution is -2.30. The minimum atomic E-state index is -0.802. The Hall–Kier alpha value is -3.15. The molecule has 6 heteroatoms. The van der Waals surface area contributed by atoms with Gasteiger partial charge in [0, 0.05) is 19.3 Å². The molecule has 0 rings (SSSR count). The predicted octanol–water partition coefficient (Wildman–Crippen LogP) is 20.9. The average Bonchev–Trinajstić information content (AvgIpc) is 3.38. The van der Waals surface area contributed by atoms with E-state index in [1.807, 2.05) is 0 Å². The van der Waals surface area contributed by atoms with Crippen molar-refractivity contribution < 1.29 is 28.6 Å². The number of carbonyl (C=O) groups is 3. The number of carbonyl (C=O) groups excluding carboxylic acids is 3. The molecule has 416 valence electrons. The van der Waals surface area contributed by atoms with Crippen molar-refractivity contribution in [1.29, 1.82) is 0 Å². The second-order valence-electron chi connectivity index (χ2n) is 20.6. The van der Waals surface area contributed by atoms with Gasteiger partial charge in [-0.15, -0.1) is 0 Å². The van der Waals surface area contributed by atoms with Crippen LogP contribution in [0, 0.1) is 0 Å². The maximum absolute atomic E-state index is 12.8. The van der Waals surface area contributed by atoms with Gasteiger partial charge in [0.1, 0.15) is 13.2 Å². The maximum Gasteiger partial charge on any atom is 0.306 e. The molecular weight excluding hydrogens is 889 g/mol. The Kier molecular flexibility index (Phi) is 57.8. The quantitative estimate of drug-likeness (QED) is 0.0261. The topological polar surface area (TPSA) is 78.9 Å². The highest BCUT2D eigenvalue weighted by Gasteiger charge is 2.19. The van der Waals surface area contributed by atoms with Gasteiger partial charge in [0.05, 0.1) is 0 Å². The Morgan fingerprint density at radius 2 is 0.542 bits per heavy atom. The first-order valence-corrected chi connectivity index (χ1v) is 30.9. The summed E-state index contributed by atoms with van der Waals surface area (Å²) in [6, 6.07) is 0. The van der Waals surface area contributed by atoms with Gasteiger partial charge in [0.2, 0.25) is 0 Å². The molecule has 0 aliphatic rings. The molecule has 72 heavy (non-hydrogen) atoms. The smallest absolute Gasteiger partial charge is 0.306 e. The van der Waals surface area contributed by atoms with Crippen LogP contribution < -0.4 is 0 Å². The first-order valence-electron chi connectivity index (χ1n) is 30.9. The minimum Gasteiger partial charge on any atom is -0.462 e. The summed E-state index contributed by atoms with van der Waals surface area (Å²) in [5.41, 5.74) is 0. The number of rotatable bonds is 56. The van der Waals surface area contributed by atoms with E-state index in [1.165, 1.54) is 161 Å². The van der Waals surface area contributed by atoms with E-state index in [-0.39, 0.29) is 37.5 Å². The molecule has 0 amide bonds. The van der Waals surface area contributed by atoms with Crippen molar-refractivity contribution in [2.45, 2.75) is 316 Å². The summed E-state index contributed by atoms with van der Waals surface area (Å²) < 4.78 is 16.8. The van der Waals surface area contributed by atoms with Crippen LogP contribution in [0.15, 0.2) is 72.9 Å². The zero-order chi connectivity index (χ0) is 52.2. The molecule has 0 aromatic rings. The largest absolute Gasteiger partial charge is 0.462 e. The lowest BCUT2D eigenvalue weighted by Gasteiger charge is -2.18. The molecule has 0 aromatic heterocycles. The van der Waals surface area contributed by atoms with Gasteiger partial charge < -0.3 is 14.2 Å². The van der Waals surface area contributed by atoms with E-state index < -0.39 is 6.10 Å². The van der Waals surface area contributed by atoms with E-state index in [1.54, 1.807) is 0 Å². The highest BCUT2D eigenvalue weighted by molar-refractivity contribution is 5.71. The highest BCUT2D eigenvalue weighted by Crippen LogP contribution is 2.17. The number of ether oxygens (including phenoxy) is 3. The first-order chi connectivity index (χ1) is 35.5. The SMILES string of the molecule is CC/C=C\C/C=C\C/C=C\CCCCCC(=O)OCC(COC(=O)CCCCCCCCCCCCCCCCCCCCCCCCCCCCCC)OC(=O)CCCCC/C=C\C/C=C\C/C=C\CC. The minimum absolute atomic E-state index is 0.0948. The maximum atomic E-state index is 12.8. The van der Waals surface area contributed by atoms with Crippen molar-refractivity contribution in [2.24, 2.45) is 0 Å². The van der Waals surface area contributed by atoms with E-state index in [9.17, 15) is 14.4 Å². The summed E-state index contributed by atoms with van der Waals surface area (Å²) in [5, 5.41) is 0. The fraction of sp³-hybridized carbons (Fsp3) is 0.773. The average molecular weight is 1010 g/mol. The van der Waals surface area contributed by atoms with Gasteiger partial charge in [-0.05, 0) is 83.5 Å². The van der Waals surface area contributed by atoms with E-state index in [4.69, 9.17) is 14.2 Å². The summed E-state index contributed by atoms with van der Waals surface area (Å²) in [4.78, 5) is 38.1.